The average Bonchev–Trinajstić information content (AvgIpc) is 4.10. The van der Waals surface area contributed by atoms with Gasteiger partial charge in [-0.15, -0.1) is 22.7 Å². The maximum atomic E-state index is 5.58. The fourth-order valence-electron chi connectivity index (χ4n) is 11.0. The Hall–Kier alpha value is -8.15. The maximum Gasteiger partial charge on any atom is 0.156 e. The van der Waals surface area contributed by atoms with Gasteiger partial charge in [-0.2, -0.15) is 0 Å². The Labute approximate surface area is 392 Å². The normalized spacial score (nSPS) is 12.2. The van der Waals surface area contributed by atoms with Gasteiger partial charge in [-0.05, 0) is 107 Å². The predicted octanol–water partition coefficient (Wildman–Crippen LogP) is 18.5. The van der Waals surface area contributed by atoms with Crippen molar-refractivity contribution >= 4 is 123 Å². The number of thiophene rings is 2. The molecule has 0 spiro atoms. The molecule has 0 amide bonds. The first-order valence-electron chi connectivity index (χ1n) is 22.8. The van der Waals surface area contributed by atoms with E-state index < -0.39 is 0 Å². The first-order valence-corrected chi connectivity index (χ1v) is 24.5. The van der Waals surface area contributed by atoms with E-state index in [0.717, 1.165) is 27.9 Å². The number of benzene rings is 11. The zero-order chi connectivity index (χ0) is 43.7. The third kappa shape index (κ3) is 5.52. The summed E-state index contributed by atoms with van der Waals surface area (Å²) in [5, 5.41) is 15.1. The molecule has 0 radical (unpaired) electrons. The standard InChI is InChI=1S/C63H36N2S2/c1-3-11-44-38(9-1)25-29-53-50(44)32-33-55-61(53)64-63-62-54(60-47-12-4-2-10-39(47)27-34-58(60)67-62)36-56(65(55)63)42-23-21-41(22-24-42)46-31-30-45(48-13-5-6-14-49(46)48)40-19-17-37(18-20-40)43-26-28-52-51-15-7-8-16-57(51)66-59(52)35-43/h1-36H. The molecule has 11 aromatic carbocycles. The molecule has 0 atom stereocenters. The van der Waals surface area contributed by atoms with Crippen LogP contribution in [-0.2, 0) is 0 Å². The van der Waals surface area contributed by atoms with Crippen LogP contribution >= 0.6 is 22.7 Å². The number of aromatic nitrogens is 2. The minimum Gasteiger partial charge on any atom is -0.291 e. The summed E-state index contributed by atoms with van der Waals surface area (Å²) in [6.45, 7) is 0. The van der Waals surface area contributed by atoms with Crippen molar-refractivity contribution in [2.45, 2.75) is 0 Å². The molecule has 0 N–H and O–H groups in total. The highest BCUT2D eigenvalue weighted by molar-refractivity contribution is 7.27. The number of imidazole rings is 1. The lowest BCUT2D eigenvalue weighted by Crippen LogP contribution is -1.93. The minimum absolute atomic E-state index is 1.00. The minimum atomic E-state index is 1.00. The fourth-order valence-corrected chi connectivity index (χ4v) is 13.3. The van der Waals surface area contributed by atoms with Crippen molar-refractivity contribution in [1.29, 1.82) is 0 Å². The Kier molecular flexibility index (Phi) is 7.85. The SMILES string of the molecule is c1ccc2c(c1)ccc1c2ccc2c1nc1c3sc4ccc5ccccc5c4c3cc(-c3ccc(-c4ccc(-c5ccc(-c6ccc7c(c6)sc6ccccc67)cc5)c5ccccc45)cc3)n21. The zero-order valence-electron chi connectivity index (χ0n) is 36.0. The second-order valence-corrected chi connectivity index (χ2v) is 19.9. The van der Waals surface area contributed by atoms with Crippen LogP contribution in [0.3, 0.4) is 0 Å². The topological polar surface area (TPSA) is 17.3 Å². The van der Waals surface area contributed by atoms with Gasteiger partial charge in [-0.25, -0.2) is 4.98 Å². The summed E-state index contributed by atoms with van der Waals surface area (Å²) in [7, 11) is 0. The Morgan fingerprint density at radius 3 is 1.66 bits per heavy atom. The molecular weight excluding hydrogens is 849 g/mol. The van der Waals surface area contributed by atoms with Gasteiger partial charge in [0, 0.05) is 41.0 Å². The second kappa shape index (κ2) is 14.2. The summed E-state index contributed by atoms with van der Waals surface area (Å²) in [6, 6.07) is 80.9. The zero-order valence-corrected chi connectivity index (χ0v) is 37.6. The van der Waals surface area contributed by atoms with Crippen molar-refractivity contribution in [2.75, 3.05) is 0 Å². The van der Waals surface area contributed by atoms with Crippen LogP contribution in [0.4, 0.5) is 0 Å². The van der Waals surface area contributed by atoms with Gasteiger partial charge in [-0.3, -0.25) is 4.40 Å². The monoisotopic (exact) mass is 884 g/mol. The molecule has 4 heteroatoms. The number of rotatable bonds is 4. The first-order chi connectivity index (χ1) is 33.2. The number of pyridine rings is 1. The summed E-state index contributed by atoms with van der Waals surface area (Å²) in [5.41, 5.74) is 12.8. The van der Waals surface area contributed by atoms with E-state index in [1.54, 1.807) is 0 Å². The molecule has 4 aromatic heterocycles. The molecule has 0 aliphatic carbocycles. The van der Waals surface area contributed by atoms with E-state index in [4.69, 9.17) is 4.98 Å². The van der Waals surface area contributed by atoms with E-state index in [2.05, 4.69) is 223 Å². The van der Waals surface area contributed by atoms with Crippen LogP contribution in [0.1, 0.15) is 0 Å². The van der Waals surface area contributed by atoms with E-state index in [-0.39, 0.29) is 0 Å². The molecule has 0 aliphatic heterocycles. The smallest absolute Gasteiger partial charge is 0.156 e. The summed E-state index contributed by atoms with van der Waals surface area (Å²) in [5.74, 6) is 0. The van der Waals surface area contributed by atoms with Crippen molar-refractivity contribution in [2.24, 2.45) is 0 Å². The molecule has 0 aliphatic rings. The van der Waals surface area contributed by atoms with Crippen LogP contribution in [-0.4, -0.2) is 9.38 Å². The fraction of sp³-hybridized carbons (Fsp3) is 0. The molecule has 0 fully saturated rings. The van der Waals surface area contributed by atoms with E-state index in [0.29, 0.717) is 0 Å². The quantitative estimate of drug-likeness (QED) is 0.161. The van der Waals surface area contributed by atoms with E-state index >= 15 is 0 Å². The van der Waals surface area contributed by atoms with Crippen molar-refractivity contribution in [1.82, 2.24) is 9.38 Å². The van der Waals surface area contributed by atoms with E-state index in [1.807, 2.05) is 22.7 Å². The Morgan fingerprint density at radius 1 is 0.328 bits per heavy atom. The molecule has 15 rings (SSSR count). The van der Waals surface area contributed by atoms with Crippen molar-refractivity contribution in [3.63, 3.8) is 0 Å². The van der Waals surface area contributed by atoms with Gasteiger partial charge >= 0.3 is 0 Å². The van der Waals surface area contributed by atoms with Crippen LogP contribution < -0.4 is 0 Å². The van der Waals surface area contributed by atoms with E-state index in [1.165, 1.54) is 117 Å². The third-order valence-corrected chi connectivity index (χ3v) is 16.5. The number of nitrogens with zero attached hydrogens (tertiary/aromatic N) is 2. The summed E-state index contributed by atoms with van der Waals surface area (Å²) < 4.78 is 7.57. The Morgan fingerprint density at radius 2 is 0.896 bits per heavy atom. The molecule has 310 valence electrons. The summed E-state index contributed by atoms with van der Waals surface area (Å²) in [6.07, 6.45) is 0. The maximum absolute atomic E-state index is 5.58. The van der Waals surface area contributed by atoms with Gasteiger partial charge in [0.25, 0.3) is 0 Å². The number of hydrogen-bond acceptors (Lipinski definition) is 3. The molecule has 2 nitrogen and oxygen atoms in total. The Balaban J connectivity index is 0.857. The van der Waals surface area contributed by atoms with Gasteiger partial charge < -0.3 is 0 Å². The third-order valence-electron chi connectivity index (χ3n) is 14.2. The van der Waals surface area contributed by atoms with E-state index in [9.17, 15) is 0 Å². The summed E-state index contributed by atoms with van der Waals surface area (Å²) in [4.78, 5) is 5.58. The molecule has 67 heavy (non-hydrogen) atoms. The van der Waals surface area contributed by atoms with Crippen molar-refractivity contribution < 1.29 is 0 Å². The van der Waals surface area contributed by atoms with Crippen LogP contribution in [0, 0.1) is 0 Å². The highest BCUT2D eigenvalue weighted by Crippen LogP contribution is 2.45. The van der Waals surface area contributed by atoms with Crippen LogP contribution in [0.2, 0.25) is 0 Å². The van der Waals surface area contributed by atoms with Crippen LogP contribution in [0.5, 0.6) is 0 Å². The lowest BCUT2D eigenvalue weighted by molar-refractivity contribution is 1.25. The molecule has 4 heterocycles. The van der Waals surface area contributed by atoms with Gasteiger partial charge in [0.15, 0.2) is 5.65 Å². The van der Waals surface area contributed by atoms with Crippen molar-refractivity contribution in [3.8, 4) is 44.6 Å². The largest absolute Gasteiger partial charge is 0.291 e. The summed E-state index contributed by atoms with van der Waals surface area (Å²) >= 11 is 3.72. The predicted molar refractivity (Wildman–Crippen MR) is 290 cm³/mol. The highest BCUT2D eigenvalue weighted by atomic mass is 32.1. The number of fused-ring (bicyclic) bond motifs is 17. The number of hydrogen-bond donors (Lipinski definition) is 0. The Bertz CT molecular complexity index is 4550. The molecule has 0 saturated carbocycles. The van der Waals surface area contributed by atoms with Gasteiger partial charge in [0.05, 0.1) is 21.4 Å². The molecular formula is C63H36N2S2. The van der Waals surface area contributed by atoms with Gasteiger partial charge in [0.2, 0.25) is 0 Å². The van der Waals surface area contributed by atoms with Crippen LogP contribution in [0.15, 0.2) is 218 Å². The lowest BCUT2D eigenvalue weighted by Gasteiger charge is -2.14. The average molecular weight is 885 g/mol. The lowest BCUT2D eigenvalue weighted by atomic mass is 9.91. The molecule has 0 saturated heterocycles. The van der Waals surface area contributed by atoms with Gasteiger partial charge in [0.1, 0.15) is 0 Å². The molecule has 0 unspecified atom stereocenters. The van der Waals surface area contributed by atoms with Crippen molar-refractivity contribution in [3.05, 3.63) is 218 Å². The van der Waals surface area contributed by atoms with Crippen LogP contribution in [0.25, 0.3) is 145 Å². The van der Waals surface area contributed by atoms with Gasteiger partial charge in [-0.1, -0.05) is 188 Å². The first kappa shape index (κ1) is 37.1. The molecule has 15 aromatic rings. The molecule has 0 bridgehead atoms. The second-order valence-electron chi connectivity index (χ2n) is 17.8. The highest BCUT2D eigenvalue weighted by Gasteiger charge is 2.21.